The van der Waals surface area contributed by atoms with E-state index in [4.69, 9.17) is 25.8 Å². The van der Waals surface area contributed by atoms with E-state index in [2.05, 4.69) is 15.5 Å². The summed E-state index contributed by atoms with van der Waals surface area (Å²) in [5.74, 6) is 0. The molecule has 1 N–H and O–H groups in total. The molecule has 0 saturated carbocycles. The van der Waals surface area contributed by atoms with Crippen molar-refractivity contribution in [1.29, 1.82) is 0 Å². The van der Waals surface area contributed by atoms with Gasteiger partial charge in [0.05, 0.1) is 19.3 Å². The zero-order valence-corrected chi connectivity index (χ0v) is 13.5. The number of rotatable bonds is 4. The molecule has 2 heterocycles. The molecule has 126 valence electrons. The summed E-state index contributed by atoms with van der Waals surface area (Å²) in [5.41, 5.74) is 1.45. The molecule has 8 heteroatoms. The average Bonchev–Trinajstić information content (AvgIpc) is 2.62. The molecule has 0 radical (unpaired) electrons. The average molecular weight is 350 g/mol. The molecule has 0 spiro atoms. The Balaban J connectivity index is 1.41. The summed E-state index contributed by atoms with van der Waals surface area (Å²) >= 11 is 5.69. The van der Waals surface area contributed by atoms with Crippen LogP contribution in [0, 0.1) is 0 Å². The van der Waals surface area contributed by atoms with E-state index in [-0.39, 0.29) is 25.9 Å². The van der Waals surface area contributed by atoms with Crippen LogP contribution in [0.15, 0.2) is 42.5 Å². The minimum absolute atomic E-state index is 0.212. The molecule has 3 rings (SSSR count). The van der Waals surface area contributed by atoms with Crippen molar-refractivity contribution >= 4 is 17.7 Å². The molecule has 0 atom stereocenters. The number of ether oxygens (including phenoxy) is 3. The van der Waals surface area contributed by atoms with Crippen molar-refractivity contribution in [2.75, 3.05) is 13.2 Å². The van der Waals surface area contributed by atoms with Crippen LogP contribution in [0.25, 0.3) is 0 Å². The first-order valence-electron chi connectivity index (χ1n) is 7.40. The number of hydrogen-bond donors (Lipinski definition) is 1. The maximum absolute atomic E-state index is 11.8. The highest BCUT2D eigenvalue weighted by atomic mass is 35.5. The number of nitrogens with one attached hydrogen (secondary N) is 1. The van der Waals surface area contributed by atoms with Crippen LogP contribution >= 0.6 is 11.6 Å². The standard InChI is InChI=1S/C16H16ClN3O4/c17-14-7-6-13(19-20-14)15-22-9-12(10-23-15)18-16(21)24-8-11-4-2-1-3-5-11/h1-7,12,15H,8-10H2,(H,18,21). The SMILES string of the molecule is O=C(NC1COC(c2ccc(Cl)nn2)OC1)OCc1ccccc1. The summed E-state index contributed by atoms with van der Waals surface area (Å²) in [4.78, 5) is 11.8. The molecule has 0 unspecified atom stereocenters. The zero-order valence-electron chi connectivity index (χ0n) is 12.7. The van der Waals surface area contributed by atoms with Gasteiger partial charge in [0.25, 0.3) is 0 Å². The summed E-state index contributed by atoms with van der Waals surface area (Å²) in [6, 6.07) is 12.5. The predicted octanol–water partition coefficient (Wildman–Crippen LogP) is 2.47. The smallest absolute Gasteiger partial charge is 0.407 e. The lowest BCUT2D eigenvalue weighted by Crippen LogP contribution is -2.45. The van der Waals surface area contributed by atoms with Gasteiger partial charge in [-0.1, -0.05) is 41.9 Å². The van der Waals surface area contributed by atoms with Gasteiger partial charge in [0.1, 0.15) is 12.3 Å². The first kappa shape index (κ1) is 16.6. The van der Waals surface area contributed by atoms with Crippen molar-refractivity contribution in [3.05, 3.63) is 58.9 Å². The molecule has 1 saturated heterocycles. The lowest BCUT2D eigenvalue weighted by atomic mass is 10.2. The van der Waals surface area contributed by atoms with Crippen molar-refractivity contribution in [2.45, 2.75) is 18.9 Å². The zero-order chi connectivity index (χ0) is 16.8. The molecular weight excluding hydrogens is 334 g/mol. The third kappa shape index (κ3) is 4.64. The van der Waals surface area contributed by atoms with Crippen LogP contribution in [0.1, 0.15) is 17.5 Å². The Morgan fingerprint density at radius 2 is 1.92 bits per heavy atom. The van der Waals surface area contributed by atoms with Crippen molar-refractivity contribution in [1.82, 2.24) is 15.5 Å². The summed E-state index contributed by atoms with van der Waals surface area (Å²) in [5, 5.41) is 10.7. The largest absolute Gasteiger partial charge is 0.445 e. The molecular formula is C16H16ClN3O4. The number of halogens is 1. The highest BCUT2D eigenvalue weighted by molar-refractivity contribution is 6.29. The number of nitrogens with zero attached hydrogens (tertiary/aromatic N) is 2. The molecule has 1 fully saturated rings. The molecule has 0 bridgehead atoms. The van der Waals surface area contributed by atoms with Crippen LogP contribution in [0.3, 0.4) is 0 Å². The molecule has 1 aromatic carbocycles. The van der Waals surface area contributed by atoms with Crippen LogP contribution in [0.2, 0.25) is 5.15 Å². The number of aromatic nitrogens is 2. The highest BCUT2D eigenvalue weighted by Gasteiger charge is 2.26. The van der Waals surface area contributed by atoms with Crippen molar-refractivity contribution in [3.63, 3.8) is 0 Å². The second-order valence-corrected chi connectivity index (χ2v) is 5.57. The van der Waals surface area contributed by atoms with Gasteiger partial charge in [-0.25, -0.2) is 4.79 Å². The van der Waals surface area contributed by atoms with Gasteiger partial charge in [-0.2, -0.15) is 0 Å². The van der Waals surface area contributed by atoms with E-state index in [9.17, 15) is 4.79 Å². The maximum atomic E-state index is 11.8. The fourth-order valence-electron chi connectivity index (χ4n) is 2.14. The molecule has 1 amide bonds. The van der Waals surface area contributed by atoms with Gasteiger partial charge in [0, 0.05) is 0 Å². The summed E-state index contributed by atoms with van der Waals surface area (Å²) in [6.45, 7) is 0.787. The Morgan fingerprint density at radius 3 is 2.58 bits per heavy atom. The van der Waals surface area contributed by atoms with E-state index in [1.165, 1.54) is 0 Å². The summed E-state index contributed by atoms with van der Waals surface area (Å²) in [6.07, 6.45) is -1.13. The van der Waals surface area contributed by atoms with Crippen LogP contribution in [-0.4, -0.2) is 35.5 Å². The third-order valence-electron chi connectivity index (χ3n) is 3.33. The fraction of sp³-hybridized carbons (Fsp3) is 0.312. The van der Waals surface area contributed by atoms with Crippen LogP contribution in [-0.2, 0) is 20.8 Å². The van der Waals surface area contributed by atoms with E-state index in [1.54, 1.807) is 12.1 Å². The fourth-order valence-corrected chi connectivity index (χ4v) is 2.24. The molecule has 2 aromatic rings. The van der Waals surface area contributed by atoms with Gasteiger partial charge >= 0.3 is 6.09 Å². The Kier molecular flexibility index (Phi) is 5.58. The second kappa shape index (κ2) is 8.05. The van der Waals surface area contributed by atoms with Gasteiger partial charge in [0.2, 0.25) is 6.29 Å². The van der Waals surface area contributed by atoms with Gasteiger partial charge in [-0.05, 0) is 17.7 Å². The quantitative estimate of drug-likeness (QED) is 0.913. The number of carbonyl (C=O) groups is 1. The van der Waals surface area contributed by atoms with Crippen LogP contribution < -0.4 is 5.32 Å². The number of carbonyl (C=O) groups excluding carboxylic acids is 1. The second-order valence-electron chi connectivity index (χ2n) is 5.18. The summed E-state index contributed by atoms with van der Waals surface area (Å²) < 4.78 is 16.2. The normalized spacial score (nSPS) is 20.4. The van der Waals surface area contributed by atoms with E-state index >= 15 is 0 Å². The Bertz CT molecular complexity index is 661. The minimum Gasteiger partial charge on any atom is -0.445 e. The number of hydrogen-bond acceptors (Lipinski definition) is 6. The molecule has 1 aliphatic rings. The molecule has 1 aliphatic heterocycles. The van der Waals surface area contributed by atoms with Gasteiger partial charge < -0.3 is 19.5 Å². The van der Waals surface area contributed by atoms with Gasteiger partial charge in [0.15, 0.2) is 5.15 Å². The van der Waals surface area contributed by atoms with Crippen LogP contribution in [0.4, 0.5) is 4.79 Å². The van der Waals surface area contributed by atoms with Gasteiger partial charge in [-0.15, -0.1) is 10.2 Å². The number of alkyl carbamates (subject to hydrolysis) is 1. The molecule has 1 aromatic heterocycles. The summed E-state index contributed by atoms with van der Waals surface area (Å²) in [7, 11) is 0. The van der Waals surface area contributed by atoms with E-state index < -0.39 is 12.4 Å². The number of amides is 1. The van der Waals surface area contributed by atoms with Gasteiger partial charge in [-0.3, -0.25) is 0 Å². The first-order valence-corrected chi connectivity index (χ1v) is 7.78. The van der Waals surface area contributed by atoms with Crippen LogP contribution in [0.5, 0.6) is 0 Å². The topological polar surface area (TPSA) is 82.6 Å². The Hall–Kier alpha value is -2.22. The Morgan fingerprint density at radius 1 is 1.17 bits per heavy atom. The van der Waals surface area contributed by atoms with Crippen molar-refractivity contribution < 1.29 is 19.0 Å². The van der Waals surface area contributed by atoms with Crippen molar-refractivity contribution in [2.24, 2.45) is 0 Å². The Labute approximate surface area is 143 Å². The number of benzene rings is 1. The van der Waals surface area contributed by atoms with E-state index in [0.29, 0.717) is 10.8 Å². The van der Waals surface area contributed by atoms with E-state index in [0.717, 1.165) is 5.56 Å². The highest BCUT2D eigenvalue weighted by Crippen LogP contribution is 2.21. The minimum atomic E-state index is -0.617. The maximum Gasteiger partial charge on any atom is 0.407 e. The lowest BCUT2D eigenvalue weighted by molar-refractivity contribution is -0.195. The van der Waals surface area contributed by atoms with E-state index in [1.807, 2.05) is 30.3 Å². The predicted molar refractivity (Wildman–Crippen MR) is 85.2 cm³/mol. The first-order chi connectivity index (χ1) is 11.7. The lowest BCUT2D eigenvalue weighted by Gasteiger charge is -2.29. The third-order valence-corrected chi connectivity index (χ3v) is 3.53. The van der Waals surface area contributed by atoms with Crippen molar-refractivity contribution in [3.8, 4) is 0 Å². The molecule has 7 nitrogen and oxygen atoms in total. The molecule has 0 aliphatic carbocycles. The molecule has 24 heavy (non-hydrogen) atoms. The monoisotopic (exact) mass is 349 g/mol.